The Hall–Kier alpha value is -1.97. The molecule has 0 amide bonds. The van der Waals surface area contributed by atoms with E-state index in [-0.39, 0.29) is 0 Å². The van der Waals surface area contributed by atoms with Gasteiger partial charge in [0.25, 0.3) is 0 Å². The number of hydrogen-bond acceptors (Lipinski definition) is 3. The number of rotatable bonds is 5. The Kier molecular flexibility index (Phi) is 4.43. The molecule has 21 heavy (non-hydrogen) atoms. The zero-order valence-corrected chi connectivity index (χ0v) is 12.7. The number of thiophene rings is 1. The molecule has 0 saturated heterocycles. The van der Waals surface area contributed by atoms with E-state index in [1.807, 2.05) is 66.7 Å². The third-order valence-corrected chi connectivity index (χ3v) is 4.02. The maximum Gasteiger partial charge on any atom is 0.127 e. The Labute approximate surface area is 132 Å². The number of ether oxygens (including phenoxy) is 2. The van der Waals surface area contributed by atoms with Gasteiger partial charge in [0.1, 0.15) is 23.9 Å². The first-order valence-corrected chi connectivity index (χ1v) is 7.69. The van der Waals surface area contributed by atoms with Crippen LogP contribution < -0.4 is 9.47 Å². The van der Waals surface area contributed by atoms with Crippen molar-refractivity contribution in [3.05, 3.63) is 75.9 Å². The summed E-state index contributed by atoms with van der Waals surface area (Å²) < 4.78 is 12.2. The van der Waals surface area contributed by atoms with E-state index in [0.29, 0.717) is 6.61 Å². The molecular weight excluding hydrogens is 304 g/mol. The molecule has 0 unspecified atom stereocenters. The Bertz CT molecular complexity index is 692. The van der Waals surface area contributed by atoms with E-state index >= 15 is 0 Å². The summed E-state index contributed by atoms with van der Waals surface area (Å²) in [4.78, 5) is 1.10. The first kappa shape index (κ1) is 14.0. The molecule has 0 aliphatic carbocycles. The summed E-state index contributed by atoms with van der Waals surface area (Å²) in [7, 11) is 0. The fourth-order valence-corrected chi connectivity index (χ4v) is 2.81. The van der Waals surface area contributed by atoms with Crippen molar-refractivity contribution >= 4 is 22.9 Å². The van der Waals surface area contributed by atoms with Gasteiger partial charge < -0.3 is 9.47 Å². The second kappa shape index (κ2) is 6.66. The minimum atomic E-state index is 0.524. The normalized spacial score (nSPS) is 10.3. The van der Waals surface area contributed by atoms with E-state index in [0.717, 1.165) is 26.5 Å². The summed E-state index contributed by atoms with van der Waals surface area (Å²) in [5.41, 5.74) is 0. The molecule has 0 radical (unpaired) electrons. The molecule has 1 heterocycles. The minimum absolute atomic E-state index is 0.524. The number of hydrogen-bond donors (Lipinski definition) is 0. The molecular formula is C17H13ClO2S. The third kappa shape index (κ3) is 4.00. The van der Waals surface area contributed by atoms with Crippen molar-refractivity contribution in [2.24, 2.45) is 0 Å². The van der Waals surface area contributed by atoms with Gasteiger partial charge in [-0.25, -0.2) is 0 Å². The fraction of sp³-hybridized carbons (Fsp3) is 0.0588. The molecule has 0 atom stereocenters. The molecule has 1 aromatic heterocycles. The molecule has 0 fully saturated rings. The lowest BCUT2D eigenvalue weighted by atomic mass is 10.3. The Morgan fingerprint density at radius 2 is 1.43 bits per heavy atom. The molecule has 3 aromatic rings. The van der Waals surface area contributed by atoms with Crippen molar-refractivity contribution in [1.82, 2.24) is 0 Å². The molecule has 4 heteroatoms. The summed E-state index contributed by atoms with van der Waals surface area (Å²) in [6.07, 6.45) is 0. The van der Waals surface area contributed by atoms with Crippen LogP contribution in [0.15, 0.2) is 66.7 Å². The molecule has 0 bridgehead atoms. The van der Waals surface area contributed by atoms with Crippen LogP contribution in [-0.4, -0.2) is 0 Å². The lowest BCUT2D eigenvalue weighted by Gasteiger charge is -2.07. The van der Waals surface area contributed by atoms with Gasteiger partial charge in [-0.1, -0.05) is 29.8 Å². The number of halogens is 1. The standard InChI is InChI=1S/C17H13ClO2S/c18-17-11-10-16(21-17)12-19-13-6-8-15(9-7-13)20-14-4-2-1-3-5-14/h1-11H,12H2. The van der Waals surface area contributed by atoms with Crippen LogP contribution in [0.1, 0.15) is 4.88 Å². The predicted molar refractivity (Wildman–Crippen MR) is 86.6 cm³/mol. The minimum Gasteiger partial charge on any atom is -0.488 e. The van der Waals surface area contributed by atoms with Crippen LogP contribution in [0.25, 0.3) is 0 Å². The van der Waals surface area contributed by atoms with E-state index in [9.17, 15) is 0 Å². The maximum absolute atomic E-state index is 5.89. The topological polar surface area (TPSA) is 18.5 Å². The van der Waals surface area contributed by atoms with Crippen LogP contribution in [0.2, 0.25) is 4.34 Å². The Morgan fingerprint density at radius 1 is 0.762 bits per heavy atom. The average molecular weight is 317 g/mol. The second-order valence-corrected chi connectivity index (χ2v) is 6.18. The van der Waals surface area contributed by atoms with Gasteiger partial charge in [0.15, 0.2) is 0 Å². The highest BCUT2D eigenvalue weighted by Crippen LogP contribution is 2.25. The van der Waals surface area contributed by atoms with Gasteiger partial charge in [-0.05, 0) is 48.5 Å². The molecule has 0 aliphatic rings. The fourth-order valence-electron chi connectivity index (χ4n) is 1.81. The zero-order valence-electron chi connectivity index (χ0n) is 11.2. The van der Waals surface area contributed by atoms with Gasteiger partial charge in [0, 0.05) is 4.88 Å². The lowest BCUT2D eigenvalue weighted by Crippen LogP contribution is -1.92. The zero-order chi connectivity index (χ0) is 14.5. The highest BCUT2D eigenvalue weighted by molar-refractivity contribution is 7.16. The van der Waals surface area contributed by atoms with Gasteiger partial charge >= 0.3 is 0 Å². The predicted octanol–water partition coefficient (Wildman–Crippen LogP) is 5.77. The molecule has 2 nitrogen and oxygen atoms in total. The molecule has 0 aliphatic heterocycles. The van der Waals surface area contributed by atoms with E-state index in [1.165, 1.54) is 11.3 Å². The van der Waals surface area contributed by atoms with Crippen molar-refractivity contribution in [2.75, 3.05) is 0 Å². The molecule has 2 aromatic carbocycles. The van der Waals surface area contributed by atoms with E-state index in [4.69, 9.17) is 21.1 Å². The smallest absolute Gasteiger partial charge is 0.127 e. The molecule has 0 saturated carbocycles. The summed E-state index contributed by atoms with van der Waals surface area (Å²) >= 11 is 7.41. The lowest BCUT2D eigenvalue weighted by molar-refractivity contribution is 0.309. The van der Waals surface area contributed by atoms with Crippen LogP contribution in [0.3, 0.4) is 0 Å². The highest BCUT2D eigenvalue weighted by Gasteiger charge is 2.01. The third-order valence-electron chi connectivity index (χ3n) is 2.81. The molecule has 0 N–H and O–H groups in total. The highest BCUT2D eigenvalue weighted by atomic mass is 35.5. The van der Waals surface area contributed by atoms with Gasteiger partial charge in [-0.2, -0.15) is 0 Å². The van der Waals surface area contributed by atoms with Gasteiger partial charge in [0.2, 0.25) is 0 Å². The van der Waals surface area contributed by atoms with E-state index in [2.05, 4.69) is 0 Å². The molecule has 106 valence electrons. The first-order chi connectivity index (χ1) is 10.3. The summed E-state index contributed by atoms with van der Waals surface area (Å²) in [6.45, 7) is 0.524. The van der Waals surface area contributed by atoms with Crippen LogP contribution in [0, 0.1) is 0 Å². The summed E-state index contributed by atoms with van der Waals surface area (Å²) in [5, 5.41) is 0. The Morgan fingerprint density at radius 3 is 2.10 bits per heavy atom. The molecule has 3 rings (SSSR count). The maximum atomic E-state index is 5.89. The van der Waals surface area contributed by atoms with Crippen LogP contribution in [0.4, 0.5) is 0 Å². The van der Waals surface area contributed by atoms with Gasteiger partial charge in [0.05, 0.1) is 4.34 Å². The van der Waals surface area contributed by atoms with Crippen molar-refractivity contribution in [3.8, 4) is 17.2 Å². The Balaban J connectivity index is 1.59. The van der Waals surface area contributed by atoms with Crippen molar-refractivity contribution in [2.45, 2.75) is 6.61 Å². The van der Waals surface area contributed by atoms with E-state index < -0.39 is 0 Å². The molecule has 0 spiro atoms. The number of para-hydroxylation sites is 1. The average Bonchev–Trinajstić information content (AvgIpc) is 2.93. The van der Waals surface area contributed by atoms with Crippen molar-refractivity contribution in [1.29, 1.82) is 0 Å². The first-order valence-electron chi connectivity index (χ1n) is 6.49. The summed E-state index contributed by atoms with van der Waals surface area (Å²) in [5.74, 6) is 2.41. The van der Waals surface area contributed by atoms with Crippen LogP contribution >= 0.6 is 22.9 Å². The number of benzene rings is 2. The van der Waals surface area contributed by atoms with Gasteiger partial charge in [-0.3, -0.25) is 0 Å². The summed E-state index contributed by atoms with van der Waals surface area (Å²) in [6, 6.07) is 21.1. The van der Waals surface area contributed by atoms with Crippen molar-refractivity contribution in [3.63, 3.8) is 0 Å². The van der Waals surface area contributed by atoms with Gasteiger partial charge in [-0.15, -0.1) is 11.3 Å². The van der Waals surface area contributed by atoms with E-state index in [1.54, 1.807) is 0 Å². The van der Waals surface area contributed by atoms with Crippen molar-refractivity contribution < 1.29 is 9.47 Å². The SMILES string of the molecule is Clc1ccc(COc2ccc(Oc3ccccc3)cc2)s1. The van der Waals surface area contributed by atoms with Crippen LogP contribution in [-0.2, 0) is 6.61 Å². The second-order valence-electron chi connectivity index (χ2n) is 4.38. The monoisotopic (exact) mass is 316 g/mol. The largest absolute Gasteiger partial charge is 0.488 e. The van der Waals surface area contributed by atoms with Crippen LogP contribution in [0.5, 0.6) is 17.2 Å². The quantitative estimate of drug-likeness (QED) is 0.594.